The zero-order valence-electron chi connectivity index (χ0n) is 14.6. The Labute approximate surface area is 152 Å². The van der Waals surface area contributed by atoms with E-state index in [1.165, 1.54) is 17.7 Å². The molecule has 26 heavy (non-hydrogen) atoms. The first-order valence-electron chi connectivity index (χ1n) is 8.65. The first-order valence-corrected chi connectivity index (χ1v) is 8.65. The lowest BCUT2D eigenvalue weighted by molar-refractivity contribution is 0.0288. The van der Waals surface area contributed by atoms with Crippen molar-refractivity contribution in [2.24, 2.45) is 0 Å². The number of methoxy groups -OCH3 is 1. The normalized spacial score (nSPS) is 17.5. The summed E-state index contributed by atoms with van der Waals surface area (Å²) in [5.41, 5.74) is 3.25. The van der Waals surface area contributed by atoms with Crippen molar-refractivity contribution in [3.8, 4) is 11.4 Å². The summed E-state index contributed by atoms with van der Waals surface area (Å²) in [6.07, 6.45) is 3.96. The molecule has 3 aromatic rings. The van der Waals surface area contributed by atoms with Crippen molar-refractivity contribution < 1.29 is 13.9 Å². The standard InChI is InChI=1S/C21H21FN2O2/c1-25-20-8-2-16(3-9-20)14-24-12-13-26-21(24)17-10-11-23(15-17)19-6-4-18(22)5-7-19/h2-11,15,21H,12-14H2,1H3. The van der Waals surface area contributed by atoms with Gasteiger partial charge in [-0.3, -0.25) is 4.90 Å². The molecule has 1 fully saturated rings. The maximum absolute atomic E-state index is 13.1. The van der Waals surface area contributed by atoms with Gasteiger partial charge in [0.25, 0.3) is 0 Å². The lowest BCUT2D eigenvalue weighted by Gasteiger charge is -2.22. The Morgan fingerprint density at radius 3 is 2.58 bits per heavy atom. The second-order valence-corrected chi connectivity index (χ2v) is 6.37. The Balaban J connectivity index is 1.50. The summed E-state index contributed by atoms with van der Waals surface area (Å²) in [5.74, 6) is 0.630. The molecule has 0 bridgehead atoms. The van der Waals surface area contributed by atoms with Gasteiger partial charge in [-0.1, -0.05) is 12.1 Å². The molecule has 0 N–H and O–H groups in total. The lowest BCUT2D eigenvalue weighted by atomic mass is 10.2. The lowest BCUT2D eigenvalue weighted by Crippen LogP contribution is -2.23. The average molecular weight is 352 g/mol. The van der Waals surface area contributed by atoms with Crippen molar-refractivity contribution >= 4 is 0 Å². The van der Waals surface area contributed by atoms with Crippen molar-refractivity contribution in [3.05, 3.63) is 83.9 Å². The average Bonchev–Trinajstić information content (AvgIpc) is 3.32. The molecule has 0 aliphatic carbocycles. The Hall–Kier alpha value is -2.63. The number of ether oxygens (including phenoxy) is 2. The van der Waals surface area contributed by atoms with Crippen molar-refractivity contribution in [2.75, 3.05) is 20.3 Å². The van der Waals surface area contributed by atoms with Crippen LogP contribution in [-0.4, -0.2) is 29.7 Å². The van der Waals surface area contributed by atoms with E-state index in [9.17, 15) is 4.39 Å². The van der Waals surface area contributed by atoms with Crippen LogP contribution in [-0.2, 0) is 11.3 Å². The third-order valence-corrected chi connectivity index (χ3v) is 4.66. The molecule has 1 aliphatic heterocycles. The molecule has 134 valence electrons. The predicted molar refractivity (Wildman–Crippen MR) is 97.8 cm³/mol. The highest BCUT2D eigenvalue weighted by Crippen LogP contribution is 2.29. The molecule has 4 nitrogen and oxygen atoms in total. The first-order chi connectivity index (χ1) is 12.7. The minimum absolute atomic E-state index is 0.0706. The van der Waals surface area contributed by atoms with Crippen LogP contribution >= 0.6 is 0 Å². The molecule has 1 aromatic heterocycles. The Morgan fingerprint density at radius 1 is 1.08 bits per heavy atom. The fourth-order valence-electron chi connectivity index (χ4n) is 3.27. The minimum Gasteiger partial charge on any atom is -0.497 e. The summed E-state index contributed by atoms with van der Waals surface area (Å²) >= 11 is 0. The van der Waals surface area contributed by atoms with Gasteiger partial charge in [-0.05, 0) is 48.0 Å². The molecule has 4 rings (SSSR count). The van der Waals surface area contributed by atoms with E-state index in [0.717, 1.165) is 30.1 Å². The molecule has 1 unspecified atom stereocenters. The molecule has 0 radical (unpaired) electrons. The summed E-state index contributed by atoms with van der Waals surface area (Å²) in [6.45, 7) is 2.41. The molecule has 5 heteroatoms. The van der Waals surface area contributed by atoms with Crippen LogP contribution in [0.25, 0.3) is 5.69 Å². The van der Waals surface area contributed by atoms with Gasteiger partial charge in [0.1, 0.15) is 17.8 Å². The number of halogens is 1. The fraction of sp³-hybridized carbons (Fsp3) is 0.238. The first kappa shape index (κ1) is 16.8. The van der Waals surface area contributed by atoms with E-state index in [2.05, 4.69) is 23.1 Å². The Kier molecular flexibility index (Phi) is 4.73. The van der Waals surface area contributed by atoms with Crippen LogP contribution in [0.5, 0.6) is 5.75 Å². The van der Waals surface area contributed by atoms with E-state index >= 15 is 0 Å². The quantitative estimate of drug-likeness (QED) is 0.690. The van der Waals surface area contributed by atoms with Crippen molar-refractivity contribution in [3.63, 3.8) is 0 Å². The van der Waals surface area contributed by atoms with Gasteiger partial charge in [-0.25, -0.2) is 4.39 Å². The van der Waals surface area contributed by atoms with Gasteiger partial charge in [0.15, 0.2) is 0 Å². The molecule has 2 heterocycles. The fourth-order valence-corrected chi connectivity index (χ4v) is 3.27. The van der Waals surface area contributed by atoms with Crippen LogP contribution in [0.2, 0.25) is 0 Å². The van der Waals surface area contributed by atoms with Crippen molar-refractivity contribution in [1.29, 1.82) is 0 Å². The van der Waals surface area contributed by atoms with Crippen LogP contribution in [0, 0.1) is 5.82 Å². The zero-order valence-corrected chi connectivity index (χ0v) is 14.6. The van der Waals surface area contributed by atoms with Gasteiger partial charge in [0, 0.05) is 36.7 Å². The zero-order chi connectivity index (χ0) is 17.9. The third kappa shape index (κ3) is 3.49. The van der Waals surface area contributed by atoms with Gasteiger partial charge < -0.3 is 14.0 Å². The smallest absolute Gasteiger partial charge is 0.138 e. The highest BCUT2D eigenvalue weighted by molar-refractivity contribution is 5.34. The molecule has 1 saturated heterocycles. The van der Waals surface area contributed by atoms with Crippen LogP contribution in [0.1, 0.15) is 17.4 Å². The van der Waals surface area contributed by atoms with E-state index in [0.29, 0.717) is 6.61 Å². The topological polar surface area (TPSA) is 26.6 Å². The maximum Gasteiger partial charge on any atom is 0.138 e. The maximum atomic E-state index is 13.1. The molecular weight excluding hydrogens is 331 g/mol. The van der Waals surface area contributed by atoms with Crippen LogP contribution in [0.4, 0.5) is 4.39 Å². The summed E-state index contributed by atoms with van der Waals surface area (Å²) in [7, 11) is 1.67. The summed E-state index contributed by atoms with van der Waals surface area (Å²) in [6, 6.07) is 16.6. The van der Waals surface area contributed by atoms with Crippen molar-refractivity contribution in [1.82, 2.24) is 9.47 Å². The second kappa shape index (κ2) is 7.32. The van der Waals surface area contributed by atoms with Gasteiger partial charge in [-0.15, -0.1) is 0 Å². The number of hydrogen-bond donors (Lipinski definition) is 0. The van der Waals surface area contributed by atoms with E-state index < -0.39 is 0 Å². The number of rotatable bonds is 5. The Morgan fingerprint density at radius 2 is 1.85 bits per heavy atom. The largest absolute Gasteiger partial charge is 0.497 e. The monoisotopic (exact) mass is 352 g/mol. The number of benzene rings is 2. The number of hydrogen-bond acceptors (Lipinski definition) is 3. The van der Waals surface area contributed by atoms with Gasteiger partial charge in [0.2, 0.25) is 0 Å². The van der Waals surface area contributed by atoms with Gasteiger partial charge >= 0.3 is 0 Å². The van der Waals surface area contributed by atoms with Crippen LogP contribution < -0.4 is 4.74 Å². The van der Waals surface area contributed by atoms with E-state index in [1.807, 2.05) is 29.1 Å². The van der Waals surface area contributed by atoms with E-state index in [1.54, 1.807) is 19.2 Å². The molecule has 0 amide bonds. The summed E-state index contributed by atoms with van der Waals surface area (Å²) in [4.78, 5) is 2.31. The molecule has 1 aliphatic rings. The van der Waals surface area contributed by atoms with Crippen molar-refractivity contribution in [2.45, 2.75) is 12.8 Å². The number of nitrogens with zero attached hydrogens (tertiary/aromatic N) is 2. The summed E-state index contributed by atoms with van der Waals surface area (Å²) in [5, 5.41) is 0. The molecule has 0 saturated carbocycles. The highest BCUT2D eigenvalue weighted by Gasteiger charge is 2.27. The predicted octanol–water partition coefficient (Wildman–Crippen LogP) is 4.16. The molecular formula is C21H21FN2O2. The molecule has 0 spiro atoms. The van der Waals surface area contributed by atoms with E-state index in [4.69, 9.17) is 9.47 Å². The minimum atomic E-state index is -0.231. The summed E-state index contributed by atoms with van der Waals surface area (Å²) < 4.78 is 26.3. The van der Waals surface area contributed by atoms with Crippen LogP contribution in [0.15, 0.2) is 67.0 Å². The molecule has 2 aromatic carbocycles. The highest BCUT2D eigenvalue weighted by atomic mass is 19.1. The van der Waals surface area contributed by atoms with Gasteiger partial charge in [-0.2, -0.15) is 0 Å². The Bertz CT molecular complexity index is 858. The third-order valence-electron chi connectivity index (χ3n) is 4.66. The molecule has 1 atom stereocenters. The van der Waals surface area contributed by atoms with E-state index in [-0.39, 0.29) is 12.0 Å². The van der Waals surface area contributed by atoms with Gasteiger partial charge in [0.05, 0.1) is 13.7 Å². The van der Waals surface area contributed by atoms with Crippen LogP contribution in [0.3, 0.4) is 0 Å². The second-order valence-electron chi connectivity index (χ2n) is 6.37. The number of aromatic nitrogens is 1. The SMILES string of the molecule is COc1ccc(CN2CCOC2c2ccn(-c3ccc(F)cc3)c2)cc1.